The Balaban J connectivity index is 0.000000595. The second-order valence-electron chi connectivity index (χ2n) is 4.66. The van der Waals surface area contributed by atoms with E-state index in [1.165, 1.54) is 0 Å². The molecule has 0 radical (unpaired) electrons. The lowest BCUT2D eigenvalue weighted by molar-refractivity contribution is -0.191. The van der Waals surface area contributed by atoms with E-state index in [4.69, 9.17) is 9.59 Å². The second kappa shape index (κ2) is 7.45. The van der Waals surface area contributed by atoms with Gasteiger partial charge in [-0.3, -0.25) is 4.98 Å². The molecule has 0 spiro atoms. The van der Waals surface area contributed by atoms with Crippen LogP contribution in [0.2, 0.25) is 0 Å². The van der Waals surface area contributed by atoms with Gasteiger partial charge in [-0.1, -0.05) is 48.5 Å². The van der Waals surface area contributed by atoms with Crippen LogP contribution in [-0.2, 0) is 25.2 Å². The van der Waals surface area contributed by atoms with Gasteiger partial charge in [0.1, 0.15) is 0 Å². The summed E-state index contributed by atoms with van der Waals surface area (Å²) in [6.45, 7) is 0. The van der Waals surface area contributed by atoms with Gasteiger partial charge in [0, 0.05) is 11.6 Å². The third-order valence-electron chi connectivity index (χ3n) is 3.13. The summed E-state index contributed by atoms with van der Waals surface area (Å²) in [7, 11) is -3.40. The van der Waals surface area contributed by atoms with E-state index in [9.17, 15) is 8.42 Å². The molecule has 0 atom stereocenters. The van der Waals surface area contributed by atoms with Gasteiger partial charge in [0.05, 0.1) is 16.2 Å². The summed E-state index contributed by atoms with van der Waals surface area (Å²) in [6, 6.07) is 18.1. The molecule has 1 aromatic heterocycles. The molecule has 23 heavy (non-hydrogen) atoms. The molecular formula is C17H13NO4S. The van der Waals surface area contributed by atoms with Crippen LogP contribution < -0.4 is 0 Å². The van der Waals surface area contributed by atoms with Gasteiger partial charge in [-0.15, -0.1) is 0 Å². The van der Waals surface area contributed by atoms with Crippen LogP contribution in [0, 0.1) is 0 Å². The first-order valence-electron chi connectivity index (χ1n) is 6.68. The van der Waals surface area contributed by atoms with Crippen LogP contribution in [0.3, 0.4) is 0 Å². The van der Waals surface area contributed by atoms with Crippen LogP contribution in [0.4, 0.5) is 0 Å². The van der Waals surface area contributed by atoms with Crippen LogP contribution in [0.15, 0.2) is 71.8 Å². The van der Waals surface area contributed by atoms with Crippen molar-refractivity contribution in [1.29, 1.82) is 0 Å². The molecule has 0 aliphatic rings. The van der Waals surface area contributed by atoms with Crippen LogP contribution in [0.5, 0.6) is 0 Å². The minimum atomic E-state index is -3.40. The molecule has 0 amide bonds. The Morgan fingerprint density at radius 3 is 2.22 bits per heavy atom. The number of sulfone groups is 1. The highest BCUT2D eigenvalue weighted by Crippen LogP contribution is 2.23. The normalized spacial score (nSPS) is 10.4. The maximum atomic E-state index is 12.6. The van der Waals surface area contributed by atoms with Crippen molar-refractivity contribution >= 4 is 26.9 Å². The van der Waals surface area contributed by atoms with Crippen molar-refractivity contribution in [3.8, 4) is 0 Å². The van der Waals surface area contributed by atoms with Crippen LogP contribution in [0.25, 0.3) is 10.9 Å². The molecular weight excluding hydrogens is 314 g/mol. The predicted molar refractivity (Wildman–Crippen MR) is 84.1 cm³/mol. The average Bonchev–Trinajstić information content (AvgIpc) is 2.55. The highest BCUT2D eigenvalue weighted by atomic mass is 32.2. The lowest BCUT2D eigenvalue weighted by Crippen LogP contribution is -2.06. The quantitative estimate of drug-likeness (QED) is 0.738. The van der Waals surface area contributed by atoms with E-state index in [-0.39, 0.29) is 11.9 Å². The lowest BCUT2D eigenvalue weighted by atomic mass is 10.2. The van der Waals surface area contributed by atoms with Gasteiger partial charge in [-0.25, -0.2) is 8.42 Å². The SMILES string of the molecule is O=C=O.O=S(=O)(Cc1ccccc1)c1cccc2cccnc12. The predicted octanol–water partition coefficient (Wildman–Crippen LogP) is 2.63. The molecule has 3 rings (SSSR count). The largest absolute Gasteiger partial charge is 0.373 e. The topological polar surface area (TPSA) is 81.2 Å². The third kappa shape index (κ3) is 4.10. The van der Waals surface area contributed by atoms with E-state index in [2.05, 4.69) is 4.98 Å². The molecule has 0 saturated carbocycles. The Hall–Kier alpha value is -2.82. The summed E-state index contributed by atoms with van der Waals surface area (Å²) in [5.41, 5.74) is 1.31. The van der Waals surface area contributed by atoms with Crippen LogP contribution in [-0.4, -0.2) is 19.6 Å². The number of rotatable bonds is 3. The molecule has 1 heterocycles. The van der Waals surface area contributed by atoms with Gasteiger partial charge in [0.25, 0.3) is 0 Å². The first kappa shape index (κ1) is 16.5. The van der Waals surface area contributed by atoms with Crippen molar-refractivity contribution < 1.29 is 18.0 Å². The van der Waals surface area contributed by atoms with Crippen molar-refractivity contribution in [3.05, 3.63) is 72.4 Å². The zero-order valence-electron chi connectivity index (χ0n) is 12.0. The molecule has 0 aliphatic heterocycles. The van der Waals surface area contributed by atoms with Crippen molar-refractivity contribution in [2.45, 2.75) is 10.6 Å². The first-order chi connectivity index (χ1) is 11.1. The van der Waals surface area contributed by atoms with Gasteiger partial charge in [-0.05, 0) is 17.7 Å². The molecule has 3 aromatic rings. The smallest absolute Gasteiger partial charge is 0.255 e. The number of hydrogen-bond acceptors (Lipinski definition) is 5. The van der Waals surface area contributed by atoms with Gasteiger partial charge in [-0.2, -0.15) is 9.59 Å². The van der Waals surface area contributed by atoms with Gasteiger partial charge in [0.2, 0.25) is 0 Å². The van der Waals surface area contributed by atoms with E-state index in [1.807, 2.05) is 42.5 Å². The summed E-state index contributed by atoms with van der Waals surface area (Å²) in [6.07, 6.45) is 1.86. The fourth-order valence-corrected chi connectivity index (χ4v) is 3.74. The number of nitrogens with zero attached hydrogens (tertiary/aromatic N) is 1. The zero-order chi connectivity index (χ0) is 16.7. The molecule has 0 unspecified atom stereocenters. The summed E-state index contributed by atoms with van der Waals surface area (Å²) in [5, 5.41) is 0.835. The molecule has 2 aromatic carbocycles. The van der Waals surface area contributed by atoms with E-state index < -0.39 is 9.84 Å². The van der Waals surface area contributed by atoms with Crippen molar-refractivity contribution in [3.63, 3.8) is 0 Å². The molecule has 6 heteroatoms. The molecule has 0 saturated heterocycles. The monoisotopic (exact) mass is 327 g/mol. The molecule has 5 nitrogen and oxygen atoms in total. The minimum Gasteiger partial charge on any atom is -0.255 e. The highest BCUT2D eigenvalue weighted by Gasteiger charge is 2.18. The summed E-state index contributed by atoms with van der Waals surface area (Å²) in [4.78, 5) is 20.8. The number of fused-ring (bicyclic) bond motifs is 1. The zero-order valence-corrected chi connectivity index (χ0v) is 12.9. The van der Waals surface area contributed by atoms with E-state index in [0.29, 0.717) is 10.4 Å². The standard InChI is InChI=1S/C16H13NO2S.CO2/c18-20(19,12-13-6-2-1-3-7-13)15-10-4-8-14-9-5-11-17-16(14)15;2-1-3/h1-11H,12H2;. The molecule has 0 N–H and O–H groups in total. The highest BCUT2D eigenvalue weighted by molar-refractivity contribution is 7.90. The van der Waals surface area contributed by atoms with Gasteiger partial charge in [0.15, 0.2) is 9.84 Å². The second-order valence-corrected chi connectivity index (χ2v) is 6.62. The summed E-state index contributed by atoms with van der Waals surface area (Å²) < 4.78 is 25.2. The maximum Gasteiger partial charge on any atom is 0.373 e. The maximum absolute atomic E-state index is 12.6. The van der Waals surface area contributed by atoms with Gasteiger partial charge >= 0.3 is 6.15 Å². The van der Waals surface area contributed by atoms with E-state index in [1.54, 1.807) is 24.4 Å². The molecule has 0 bridgehead atoms. The number of aromatic nitrogens is 1. The van der Waals surface area contributed by atoms with E-state index >= 15 is 0 Å². The lowest BCUT2D eigenvalue weighted by Gasteiger charge is -2.07. The first-order valence-corrected chi connectivity index (χ1v) is 8.33. The number of hydrogen-bond donors (Lipinski definition) is 0. The van der Waals surface area contributed by atoms with Crippen molar-refractivity contribution in [2.24, 2.45) is 0 Å². The molecule has 0 fully saturated rings. The van der Waals surface area contributed by atoms with E-state index in [0.717, 1.165) is 10.9 Å². The summed E-state index contributed by atoms with van der Waals surface area (Å²) in [5.74, 6) is -0.0104. The van der Waals surface area contributed by atoms with Crippen LogP contribution >= 0.6 is 0 Å². The third-order valence-corrected chi connectivity index (χ3v) is 4.84. The molecule has 116 valence electrons. The summed E-state index contributed by atoms with van der Waals surface area (Å²) >= 11 is 0. The van der Waals surface area contributed by atoms with Gasteiger partial charge < -0.3 is 0 Å². The number of pyridine rings is 1. The fraction of sp³-hybridized carbons (Fsp3) is 0.0588. The Morgan fingerprint density at radius 2 is 1.52 bits per heavy atom. The number of carbonyl (C=O) groups excluding carboxylic acids is 2. The Kier molecular flexibility index (Phi) is 5.36. The number of benzene rings is 2. The fourth-order valence-electron chi connectivity index (χ4n) is 2.20. The van der Waals surface area contributed by atoms with Crippen molar-refractivity contribution in [2.75, 3.05) is 0 Å². The Bertz CT molecular complexity index is 926. The number of para-hydroxylation sites is 1. The minimum absolute atomic E-state index is 0.0104. The average molecular weight is 327 g/mol. The Morgan fingerprint density at radius 1 is 0.870 bits per heavy atom. The van der Waals surface area contributed by atoms with Crippen LogP contribution in [0.1, 0.15) is 5.56 Å². The molecule has 0 aliphatic carbocycles. The van der Waals surface area contributed by atoms with Crippen molar-refractivity contribution in [1.82, 2.24) is 4.98 Å². The Labute approximate surface area is 133 Å².